The second kappa shape index (κ2) is 9.88. The normalized spacial score (nSPS) is 17.3. The third-order valence-electron chi connectivity index (χ3n) is 4.90. The van der Waals surface area contributed by atoms with Crippen molar-refractivity contribution in [2.45, 2.75) is 19.0 Å². The fourth-order valence-corrected chi connectivity index (χ4v) is 3.29. The van der Waals surface area contributed by atoms with Crippen molar-refractivity contribution in [2.24, 2.45) is 0 Å². The molecule has 2 aromatic rings. The van der Waals surface area contributed by atoms with Gasteiger partial charge in [-0.1, -0.05) is 35.5 Å². The zero-order valence-electron chi connectivity index (χ0n) is 16.7. The van der Waals surface area contributed by atoms with Crippen LogP contribution in [0.2, 0.25) is 0 Å². The Kier molecular flexibility index (Phi) is 7.02. The van der Waals surface area contributed by atoms with Gasteiger partial charge in [0, 0.05) is 38.3 Å². The molecule has 1 atom stereocenters. The molecule has 0 radical (unpaired) electrons. The highest BCUT2D eigenvalue weighted by atomic mass is 16.5. The van der Waals surface area contributed by atoms with E-state index in [1.54, 1.807) is 25.1 Å². The Balaban J connectivity index is 1.62. The molecule has 1 fully saturated rings. The molecule has 29 heavy (non-hydrogen) atoms. The molecule has 2 amide bonds. The van der Waals surface area contributed by atoms with Crippen LogP contribution >= 0.6 is 0 Å². The maximum Gasteiger partial charge on any atom is 0.237 e. The molecular formula is C21H26N4O4. The van der Waals surface area contributed by atoms with Gasteiger partial charge >= 0.3 is 0 Å². The Morgan fingerprint density at radius 1 is 1.41 bits per heavy atom. The molecule has 3 rings (SSSR count). The van der Waals surface area contributed by atoms with Gasteiger partial charge in [-0.2, -0.15) is 0 Å². The number of hydrogen-bond acceptors (Lipinski definition) is 6. The number of amides is 2. The average molecular weight is 398 g/mol. The molecule has 8 nitrogen and oxygen atoms in total. The number of aromatic nitrogens is 1. The molecule has 1 aliphatic heterocycles. The van der Waals surface area contributed by atoms with E-state index in [2.05, 4.69) is 10.5 Å². The lowest BCUT2D eigenvalue weighted by molar-refractivity contribution is -0.138. The Hall–Kier alpha value is -3.13. The summed E-state index contributed by atoms with van der Waals surface area (Å²) < 4.78 is 10.4. The molecule has 0 spiro atoms. The van der Waals surface area contributed by atoms with E-state index in [4.69, 9.17) is 9.26 Å². The number of nitrogens with one attached hydrogen (secondary N) is 1. The van der Waals surface area contributed by atoms with Crippen LogP contribution in [0.15, 0.2) is 47.1 Å². The molecule has 0 aliphatic carbocycles. The quantitative estimate of drug-likeness (QED) is 0.726. The highest BCUT2D eigenvalue weighted by Gasteiger charge is 2.31. The van der Waals surface area contributed by atoms with E-state index >= 15 is 0 Å². The molecule has 1 aliphatic rings. The number of carbonyl (C=O) groups excluding carboxylic acids is 2. The Bertz CT molecular complexity index is 850. The number of nitrogens with zero attached hydrogens (tertiary/aromatic N) is 3. The zero-order chi connectivity index (χ0) is 20.6. The van der Waals surface area contributed by atoms with Crippen LogP contribution in [0.4, 0.5) is 0 Å². The fourth-order valence-electron chi connectivity index (χ4n) is 3.29. The summed E-state index contributed by atoms with van der Waals surface area (Å²) in [5, 5.41) is 6.50. The lowest BCUT2D eigenvalue weighted by Gasteiger charge is -2.34. The van der Waals surface area contributed by atoms with Gasteiger partial charge in [-0.05, 0) is 6.07 Å². The van der Waals surface area contributed by atoms with Crippen LogP contribution < -0.4 is 10.1 Å². The first-order chi connectivity index (χ1) is 14.1. The van der Waals surface area contributed by atoms with Gasteiger partial charge in [-0.25, -0.2) is 0 Å². The predicted molar refractivity (Wildman–Crippen MR) is 108 cm³/mol. The van der Waals surface area contributed by atoms with Crippen molar-refractivity contribution >= 4 is 17.9 Å². The van der Waals surface area contributed by atoms with Gasteiger partial charge in [0.25, 0.3) is 0 Å². The molecule has 2 heterocycles. The highest BCUT2D eigenvalue weighted by molar-refractivity contribution is 5.88. The van der Waals surface area contributed by atoms with E-state index in [9.17, 15) is 9.59 Å². The number of ether oxygens (including phenoxy) is 1. The minimum absolute atomic E-state index is 0.110. The monoisotopic (exact) mass is 398 g/mol. The molecule has 1 aromatic carbocycles. The molecule has 1 unspecified atom stereocenters. The van der Waals surface area contributed by atoms with Gasteiger partial charge in [-0.15, -0.1) is 0 Å². The lowest BCUT2D eigenvalue weighted by Crippen LogP contribution is -2.56. The number of rotatable bonds is 8. The standard InChI is InChI=1S/C21H26N4O4/c1-24(15-17-9-10-23-29-17)20(26)14-18-21(27)22-11-13-25(18)12-5-7-16-6-3-4-8-19(16)28-2/h3-10,18H,11-15H2,1-2H3,(H,22,27). The van der Waals surface area contributed by atoms with Crippen LogP contribution in [-0.2, 0) is 16.1 Å². The Morgan fingerprint density at radius 2 is 2.24 bits per heavy atom. The Morgan fingerprint density at radius 3 is 3.00 bits per heavy atom. The number of hydrogen-bond donors (Lipinski definition) is 1. The summed E-state index contributed by atoms with van der Waals surface area (Å²) in [6.07, 6.45) is 5.61. The van der Waals surface area contributed by atoms with Crippen LogP contribution in [0.1, 0.15) is 17.7 Å². The minimum atomic E-state index is -0.504. The average Bonchev–Trinajstić information content (AvgIpc) is 3.23. The maximum absolute atomic E-state index is 12.6. The summed E-state index contributed by atoms with van der Waals surface area (Å²) in [5.74, 6) is 1.15. The Labute approximate surface area is 170 Å². The van der Waals surface area contributed by atoms with Crippen molar-refractivity contribution in [1.82, 2.24) is 20.3 Å². The van der Waals surface area contributed by atoms with E-state index in [1.165, 1.54) is 6.20 Å². The molecule has 1 aromatic heterocycles. The summed E-state index contributed by atoms with van der Waals surface area (Å²) in [6.45, 7) is 2.14. The van der Waals surface area contributed by atoms with E-state index < -0.39 is 6.04 Å². The molecule has 1 N–H and O–H groups in total. The number of para-hydroxylation sites is 1. The third-order valence-corrected chi connectivity index (χ3v) is 4.90. The maximum atomic E-state index is 12.6. The van der Waals surface area contributed by atoms with E-state index in [0.717, 1.165) is 11.3 Å². The molecular weight excluding hydrogens is 372 g/mol. The van der Waals surface area contributed by atoms with Gasteiger partial charge < -0.3 is 19.5 Å². The number of methoxy groups -OCH3 is 1. The van der Waals surface area contributed by atoms with Crippen LogP contribution in [-0.4, -0.2) is 66.6 Å². The van der Waals surface area contributed by atoms with Crippen LogP contribution in [0.5, 0.6) is 5.75 Å². The third kappa shape index (κ3) is 5.45. The van der Waals surface area contributed by atoms with Gasteiger partial charge in [0.15, 0.2) is 5.76 Å². The minimum Gasteiger partial charge on any atom is -0.496 e. The predicted octanol–water partition coefficient (Wildman–Crippen LogP) is 1.55. The van der Waals surface area contributed by atoms with Gasteiger partial charge in [-0.3, -0.25) is 14.5 Å². The van der Waals surface area contributed by atoms with Gasteiger partial charge in [0.05, 0.1) is 32.3 Å². The number of piperazine rings is 1. The molecule has 8 heteroatoms. The van der Waals surface area contributed by atoms with Gasteiger partial charge in [0.1, 0.15) is 5.75 Å². The number of carbonyl (C=O) groups is 2. The van der Waals surface area contributed by atoms with Crippen molar-refractivity contribution in [3.63, 3.8) is 0 Å². The van der Waals surface area contributed by atoms with Gasteiger partial charge in [0.2, 0.25) is 11.8 Å². The highest BCUT2D eigenvalue weighted by Crippen LogP contribution is 2.19. The SMILES string of the molecule is COc1ccccc1C=CCN1CCNC(=O)C1CC(=O)N(C)Cc1ccno1. The number of benzene rings is 1. The van der Waals surface area contributed by atoms with Crippen LogP contribution in [0.25, 0.3) is 6.08 Å². The molecule has 154 valence electrons. The summed E-state index contributed by atoms with van der Waals surface area (Å²) >= 11 is 0. The van der Waals surface area contributed by atoms with Crippen molar-refractivity contribution in [3.05, 3.63) is 53.9 Å². The lowest BCUT2D eigenvalue weighted by atomic mass is 10.1. The molecule has 0 bridgehead atoms. The topological polar surface area (TPSA) is 87.9 Å². The fraction of sp³-hybridized carbons (Fsp3) is 0.381. The van der Waals surface area contributed by atoms with E-state index in [0.29, 0.717) is 31.9 Å². The van der Waals surface area contributed by atoms with Crippen molar-refractivity contribution in [3.8, 4) is 5.75 Å². The first kappa shape index (κ1) is 20.6. The second-order valence-corrected chi connectivity index (χ2v) is 6.88. The van der Waals surface area contributed by atoms with Crippen LogP contribution in [0.3, 0.4) is 0 Å². The first-order valence-corrected chi connectivity index (χ1v) is 9.53. The van der Waals surface area contributed by atoms with Crippen molar-refractivity contribution in [2.75, 3.05) is 33.8 Å². The summed E-state index contributed by atoms with van der Waals surface area (Å²) in [7, 11) is 3.33. The van der Waals surface area contributed by atoms with E-state index in [1.807, 2.05) is 41.3 Å². The largest absolute Gasteiger partial charge is 0.496 e. The van der Waals surface area contributed by atoms with E-state index in [-0.39, 0.29) is 18.2 Å². The summed E-state index contributed by atoms with van der Waals surface area (Å²) in [4.78, 5) is 28.6. The smallest absolute Gasteiger partial charge is 0.237 e. The van der Waals surface area contributed by atoms with Crippen molar-refractivity contribution in [1.29, 1.82) is 0 Å². The van der Waals surface area contributed by atoms with Crippen LogP contribution in [0, 0.1) is 0 Å². The first-order valence-electron chi connectivity index (χ1n) is 9.53. The molecule has 0 saturated carbocycles. The summed E-state index contributed by atoms with van der Waals surface area (Å²) in [6, 6.07) is 8.95. The second-order valence-electron chi connectivity index (χ2n) is 6.88. The summed E-state index contributed by atoms with van der Waals surface area (Å²) in [5.41, 5.74) is 0.968. The van der Waals surface area contributed by atoms with Crippen molar-refractivity contribution < 1.29 is 18.8 Å². The zero-order valence-corrected chi connectivity index (χ0v) is 16.7. The molecule has 1 saturated heterocycles.